The fourth-order valence-corrected chi connectivity index (χ4v) is 4.90. The average Bonchev–Trinajstić information content (AvgIpc) is 3.17. The molecule has 1 atom stereocenters. The second-order valence-electron chi connectivity index (χ2n) is 7.09. The number of rotatable bonds is 8. The summed E-state index contributed by atoms with van der Waals surface area (Å²) in [6, 6.07) is 5.26. The van der Waals surface area contributed by atoms with Crippen molar-refractivity contribution in [2.75, 3.05) is 31.6 Å². The number of nitrogens with one attached hydrogen (secondary N) is 1. The number of carbonyl (C=O) groups excluding carboxylic acids is 1. The van der Waals surface area contributed by atoms with Gasteiger partial charge in [-0.05, 0) is 38.8 Å². The largest absolute Gasteiger partial charge is 0.494 e. The number of hydrogen-bond acceptors (Lipinski definition) is 6. The molecule has 10 heteroatoms. The molecule has 30 heavy (non-hydrogen) atoms. The first-order valence-corrected chi connectivity index (χ1v) is 11.5. The minimum atomic E-state index is -3.73. The van der Waals surface area contributed by atoms with Crippen molar-refractivity contribution in [2.24, 2.45) is 13.0 Å². The van der Waals surface area contributed by atoms with Gasteiger partial charge in [0.25, 0.3) is 10.0 Å². The van der Waals surface area contributed by atoms with Crippen LogP contribution in [0.3, 0.4) is 0 Å². The zero-order chi connectivity index (χ0) is 21.7. The van der Waals surface area contributed by atoms with E-state index in [0.717, 1.165) is 0 Å². The van der Waals surface area contributed by atoms with Crippen molar-refractivity contribution in [2.45, 2.75) is 31.7 Å². The van der Waals surface area contributed by atoms with Crippen LogP contribution in [0.25, 0.3) is 0 Å². The number of carbonyl (C=O) groups is 1. The second kappa shape index (κ2) is 9.48. The molecule has 0 spiro atoms. The molecule has 9 nitrogen and oxygen atoms in total. The Morgan fingerprint density at radius 1 is 1.27 bits per heavy atom. The van der Waals surface area contributed by atoms with Crippen molar-refractivity contribution in [1.29, 1.82) is 0 Å². The van der Waals surface area contributed by atoms with E-state index in [1.165, 1.54) is 16.8 Å². The highest BCUT2D eigenvalue weighted by Crippen LogP contribution is 2.31. The van der Waals surface area contributed by atoms with Gasteiger partial charge < -0.3 is 19.4 Å². The quantitative estimate of drug-likeness (QED) is 0.681. The van der Waals surface area contributed by atoms with E-state index in [-0.39, 0.29) is 17.5 Å². The van der Waals surface area contributed by atoms with Crippen LogP contribution in [0.15, 0.2) is 35.7 Å². The molecule has 1 aromatic heterocycles. The molecule has 0 bridgehead atoms. The molecule has 2 heterocycles. The van der Waals surface area contributed by atoms with Crippen LogP contribution in [-0.2, 0) is 21.9 Å². The topological polar surface area (TPSA) is 103 Å². The van der Waals surface area contributed by atoms with E-state index in [0.29, 0.717) is 49.8 Å². The van der Waals surface area contributed by atoms with Gasteiger partial charge in [0.2, 0.25) is 5.91 Å². The summed E-state index contributed by atoms with van der Waals surface area (Å²) in [7, 11) is -2.02. The lowest BCUT2D eigenvalue weighted by molar-refractivity contribution is -0.120. The molecule has 164 valence electrons. The standard InChI is InChI=1S/C20H28N4O5S/c1-4-28-16-8-9-18(29-5-2)17(11-16)22-20(25)15-7-6-10-24(12-15)30(26,27)19-13-23(3)14-21-19/h8-9,11,13-15H,4-7,10,12H2,1-3H3,(H,22,25)/t15-/m0/s1. The molecule has 1 saturated heterocycles. The highest BCUT2D eigenvalue weighted by molar-refractivity contribution is 7.89. The number of piperidine rings is 1. The first-order chi connectivity index (χ1) is 14.3. The van der Waals surface area contributed by atoms with E-state index in [1.54, 1.807) is 29.8 Å². The Labute approximate surface area is 177 Å². The van der Waals surface area contributed by atoms with E-state index < -0.39 is 15.9 Å². The zero-order valence-corrected chi connectivity index (χ0v) is 18.3. The molecule has 0 unspecified atom stereocenters. The van der Waals surface area contributed by atoms with Gasteiger partial charge in [-0.3, -0.25) is 4.79 Å². The maximum atomic E-state index is 13.0. The number of aromatic nitrogens is 2. The minimum Gasteiger partial charge on any atom is -0.494 e. The lowest BCUT2D eigenvalue weighted by atomic mass is 9.98. The predicted molar refractivity (Wildman–Crippen MR) is 112 cm³/mol. The van der Waals surface area contributed by atoms with Crippen LogP contribution in [0, 0.1) is 5.92 Å². The molecule has 1 fully saturated rings. The van der Waals surface area contributed by atoms with Gasteiger partial charge in [-0.2, -0.15) is 4.31 Å². The third kappa shape index (κ3) is 4.93. The highest BCUT2D eigenvalue weighted by atomic mass is 32.2. The summed E-state index contributed by atoms with van der Waals surface area (Å²) in [5.74, 6) is 0.454. The highest BCUT2D eigenvalue weighted by Gasteiger charge is 2.34. The van der Waals surface area contributed by atoms with Crippen LogP contribution < -0.4 is 14.8 Å². The molecule has 1 aromatic carbocycles. The van der Waals surface area contributed by atoms with E-state index in [9.17, 15) is 13.2 Å². The van der Waals surface area contributed by atoms with Crippen LogP contribution in [0.1, 0.15) is 26.7 Å². The maximum Gasteiger partial charge on any atom is 0.262 e. The Morgan fingerprint density at radius 2 is 2.03 bits per heavy atom. The van der Waals surface area contributed by atoms with Crippen molar-refractivity contribution in [1.82, 2.24) is 13.9 Å². The van der Waals surface area contributed by atoms with E-state index in [2.05, 4.69) is 10.3 Å². The first-order valence-electron chi connectivity index (χ1n) is 10.0. The monoisotopic (exact) mass is 436 g/mol. The third-order valence-electron chi connectivity index (χ3n) is 4.86. The number of sulfonamides is 1. The third-order valence-corrected chi connectivity index (χ3v) is 6.61. The summed E-state index contributed by atoms with van der Waals surface area (Å²) < 4.78 is 39.8. The molecule has 1 aliphatic heterocycles. The summed E-state index contributed by atoms with van der Waals surface area (Å²) in [6.45, 7) is 5.18. The Hall–Kier alpha value is -2.59. The van der Waals surface area contributed by atoms with E-state index in [4.69, 9.17) is 9.47 Å². The predicted octanol–water partition coefficient (Wildman–Crippen LogP) is 2.26. The molecule has 2 aromatic rings. The van der Waals surface area contributed by atoms with Crippen molar-refractivity contribution >= 4 is 21.6 Å². The number of aryl methyl sites for hydroxylation is 1. The fraction of sp³-hybridized carbons (Fsp3) is 0.500. The lowest BCUT2D eigenvalue weighted by Crippen LogP contribution is -2.43. The fourth-order valence-electron chi connectivity index (χ4n) is 3.41. The van der Waals surface area contributed by atoms with Crippen LogP contribution in [0.4, 0.5) is 5.69 Å². The van der Waals surface area contributed by atoms with Gasteiger partial charge in [-0.1, -0.05) is 0 Å². The van der Waals surface area contributed by atoms with Gasteiger partial charge in [-0.25, -0.2) is 13.4 Å². The molecule has 1 amide bonds. The maximum absolute atomic E-state index is 13.0. The van der Waals surface area contributed by atoms with Crippen LogP contribution in [0.5, 0.6) is 11.5 Å². The van der Waals surface area contributed by atoms with Gasteiger partial charge in [0.1, 0.15) is 11.5 Å². The SMILES string of the molecule is CCOc1ccc(OCC)c(NC(=O)[C@H]2CCCN(S(=O)(=O)c3cn(C)cn3)C2)c1. The Morgan fingerprint density at radius 3 is 2.70 bits per heavy atom. The molecule has 0 radical (unpaired) electrons. The summed E-state index contributed by atoms with van der Waals surface area (Å²) in [4.78, 5) is 16.9. The van der Waals surface area contributed by atoms with Crippen molar-refractivity contribution in [3.8, 4) is 11.5 Å². The van der Waals surface area contributed by atoms with Crippen LogP contribution >= 0.6 is 0 Å². The zero-order valence-electron chi connectivity index (χ0n) is 17.5. The van der Waals surface area contributed by atoms with Gasteiger partial charge >= 0.3 is 0 Å². The number of amides is 1. The summed E-state index contributed by atoms with van der Waals surface area (Å²) >= 11 is 0. The van der Waals surface area contributed by atoms with E-state index >= 15 is 0 Å². The van der Waals surface area contributed by atoms with Gasteiger partial charge in [-0.15, -0.1) is 0 Å². The summed E-state index contributed by atoms with van der Waals surface area (Å²) in [6.07, 6.45) is 4.12. The second-order valence-corrected chi connectivity index (χ2v) is 8.98. The summed E-state index contributed by atoms with van der Waals surface area (Å²) in [5, 5.41) is 2.89. The van der Waals surface area contributed by atoms with Crippen molar-refractivity contribution < 1.29 is 22.7 Å². The van der Waals surface area contributed by atoms with Crippen molar-refractivity contribution in [3.63, 3.8) is 0 Å². The lowest BCUT2D eigenvalue weighted by Gasteiger charge is -2.30. The van der Waals surface area contributed by atoms with Crippen LogP contribution in [-0.4, -0.2) is 54.5 Å². The summed E-state index contributed by atoms with van der Waals surface area (Å²) in [5.41, 5.74) is 0.512. The Kier molecular flexibility index (Phi) is 6.99. The molecule has 0 saturated carbocycles. The number of benzene rings is 1. The number of imidazole rings is 1. The number of anilines is 1. The van der Waals surface area contributed by atoms with Gasteiger partial charge in [0.05, 0.1) is 31.1 Å². The van der Waals surface area contributed by atoms with Gasteiger partial charge in [0.15, 0.2) is 5.03 Å². The molecule has 1 aliphatic rings. The Bertz CT molecular complexity index is 989. The molecular weight excluding hydrogens is 408 g/mol. The van der Waals surface area contributed by atoms with Crippen LogP contribution in [0.2, 0.25) is 0 Å². The number of nitrogens with zero attached hydrogens (tertiary/aromatic N) is 3. The molecule has 3 rings (SSSR count). The average molecular weight is 437 g/mol. The number of ether oxygens (including phenoxy) is 2. The number of hydrogen-bond donors (Lipinski definition) is 1. The smallest absolute Gasteiger partial charge is 0.262 e. The van der Waals surface area contributed by atoms with E-state index in [1.807, 2.05) is 13.8 Å². The van der Waals surface area contributed by atoms with Gasteiger partial charge in [0, 0.05) is 32.4 Å². The molecule has 1 N–H and O–H groups in total. The van der Waals surface area contributed by atoms with Crippen molar-refractivity contribution in [3.05, 3.63) is 30.7 Å². The first kappa shape index (κ1) is 22.1. The molecule has 0 aliphatic carbocycles. The Balaban J connectivity index is 1.75. The molecular formula is C20H28N4O5S. The normalized spacial score (nSPS) is 17.5. The minimum absolute atomic E-state index is 0.00546.